The van der Waals surface area contributed by atoms with E-state index in [4.69, 9.17) is 4.52 Å². The maximum atomic E-state index is 12.5. The quantitative estimate of drug-likeness (QED) is 0.844. The van der Waals surface area contributed by atoms with Crippen molar-refractivity contribution in [3.63, 3.8) is 0 Å². The lowest BCUT2D eigenvalue weighted by atomic mass is 9.97. The van der Waals surface area contributed by atoms with Crippen LogP contribution in [0.1, 0.15) is 60.6 Å². The van der Waals surface area contributed by atoms with E-state index in [1.165, 1.54) is 0 Å². The Bertz CT molecular complexity index is 663. The van der Waals surface area contributed by atoms with E-state index < -0.39 is 0 Å². The van der Waals surface area contributed by atoms with E-state index in [1.54, 1.807) is 17.1 Å². The number of carbonyl (C=O) groups is 1. The number of nitrogens with zero attached hydrogens (tertiary/aromatic N) is 5. The predicted molar refractivity (Wildman–Crippen MR) is 84.0 cm³/mol. The van der Waals surface area contributed by atoms with Gasteiger partial charge in [-0.05, 0) is 19.3 Å². The number of hydrogen-bond acceptors (Lipinski definition) is 5. The third kappa shape index (κ3) is 3.60. The van der Waals surface area contributed by atoms with Crippen LogP contribution in [0.2, 0.25) is 0 Å². The Kier molecular flexibility index (Phi) is 4.73. The zero-order chi connectivity index (χ0) is 16.2. The second-order valence-corrected chi connectivity index (χ2v) is 6.15. The van der Waals surface area contributed by atoms with Crippen LogP contribution in [0, 0.1) is 0 Å². The summed E-state index contributed by atoms with van der Waals surface area (Å²) in [4.78, 5) is 18.9. The van der Waals surface area contributed by atoms with Gasteiger partial charge < -0.3 is 9.42 Å². The molecule has 0 spiro atoms. The van der Waals surface area contributed by atoms with E-state index in [1.807, 2.05) is 11.9 Å². The summed E-state index contributed by atoms with van der Waals surface area (Å²) in [5.74, 6) is 1.60. The van der Waals surface area contributed by atoms with Gasteiger partial charge in [0.15, 0.2) is 5.82 Å². The summed E-state index contributed by atoms with van der Waals surface area (Å²) in [5, 5.41) is 8.13. The molecule has 1 unspecified atom stereocenters. The van der Waals surface area contributed by atoms with E-state index in [9.17, 15) is 4.79 Å². The number of piperidine rings is 1. The monoisotopic (exact) mass is 317 g/mol. The summed E-state index contributed by atoms with van der Waals surface area (Å²) in [7, 11) is 1.81. The molecule has 3 rings (SSSR count). The molecule has 0 saturated carbocycles. The topological polar surface area (TPSA) is 77.0 Å². The molecule has 2 aromatic heterocycles. The summed E-state index contributed by atoms with van der Waals surface area (Å²) in [6, 6.07) is 0. The Morgan fingerprint density at radius 1 is 1.48 bits per heavy atom. The number of unbranched alkanes of at least 4 members (excludes halogenated alkanes) is 1. The molecular weight excluding hydrogens is 294 g/mol. The second kappa shape index (κ2) is 6.93. The van der Waals surface area contributed by atoms with Gasteiger partial charge in [-0.1, -0.05) is 18.5 Å². The van der Waals surface area contributed by atoms with Crippen LogP contribution in [0.4, 0.5) is 0 Å². The highest BCUT2D eigenvalue weighted by atomic mass is 16.5. The van der Waals surface area contributed by atoms with Gasteiger partial charge in [0.2, 0.25) is 5.89 Å². The summed E-state index contributed by atoms with van der Waals surface area (Å²) in [6.45, 7) is 3.54. The number of aryl methyl sites for hydroxylation is 2. The predicted octanol–water partition coefficient (Wildman–Crippen LogP) is 2.17. The minimum absolute atomic E-state index is 0.0218. The average Bonchev–Trinajstić information content (AvgIpc) is 3.21. The molecule has 1 aliphatic heterocycles. The van der Waals surface area contributed by atoms with E-state index in [0.29, 0.717) is 18.0 Å². The lowest BCUT2D eigenvalue weighted by molar-refractivity contribution is 0.0695. The van der Waals surface area contributed by atoms with Gasteiger partial charge in [-0.25, -0.2) is 0 Å². The van der Waals surface area contributed by atoms with Gasteiger partial charge in [-0.2, -0.15) is 10.1 Å². The maximum Gasteiger partial charge on any atom is 0.257 e. The molecule has 0 aromatic carbocycles. The highest BCUT2D eigenvalue weighted by Gasteiger charge is 2.29. The summed E-state index contributed by atoms with van der Waals surface area (Å²) >= 11 is 0. The molecule has 1 amide bonds. The van der Waals surface area contributed by atoms with Crippen molar-refractivity contribution in [1.82, 2.24) is 24.8 Å². The number of carbonyl (C=O) groups excluding carboxylic acids is 1. The fourth-order valence-electron chi connectivity index (χ4n) is 2.95. The molecule has 1 aliphatic rings. The van der Waals surface area contributed by atoms with E-state index in [-0.39, 0.29) is 11.8 Å². The van der Waals surface area contributed by atoms with Gasteiger partial charge in [-0.15, -0.1) is 0 Å². The van der Waals surface area contributed by atoms with Crippen LogP contribution in [0.25, 0.3) is 0 Å². The Morgan fingerprint density at radius 3 is 3.09 bits per heavy atom. The molecule has 1 saturated heterocycles. The first-order valence-electron chi connectivity index (χ1n) is 8.27. The molecule has 3 heterocycles. The SMILES string of the molecule is CCCCc1noc(C2CCCN(C(=O)c3cnn(C)c3)C2)n1. The smallest absolute Gasteiger partial charge is 0.257 e. The Morgan fingerprint density at radius 2 is 2.35 bits per heavy atom. The van der Waals surface area contributed by atoms with Crippen LogP contribution in [0.3, 0.4) is 0 Å². The van der Waals surface area contributed by atoms with Crippen molar-refractivity contribution < 1.29 is 9.32 Å². The van der Waals surface area contributed by atoms with Crippen LogP contribution in [-0.2, 0) is 13.5 Å². The number of hydrogen-bond donors (Lipinski definition) is 0. The lowest BCUT2D eigenvalue weighted by Crippen LogP contribution is -2.39. The largest absolute Gasteiger partial charge is 0.339 e. The minimum atomic E-state index is 0.0218. The van der Waals surface area contributed by atoms with E-state index in [0.717, 1.165) is 44.5 Å². The maximum absolute atomic E-state index is 12.5. The van der Waals surface area contributed by atoms with Crippen molar-refractivity contribution >= 4 is 5.91 Å². The Balaban J connectivity index is 1.66. The normalized spacial score (nSPS) is 18.3. The summed E-state index contributed by atoms with van der Waals surface area (Å²) in [5.41, 5.74) is 0.627. The van der Waals surface area contributed by atoms with Gasteiger partial charge in [-0.3, -0.25) is 9.48 Å². The van der Waals surface area contributed by atoms with Crippen molar-refractivity contribution in [2.75, 3.05) is 13.1 Å². The molecule has 7 heteroatoms. The first kappa shape index (κ1) is 15.7. The minimum Gasteiger partial charge on any atom is -0.339 e. The molecule has 7 nitrogen and oxygen atoms in total. The zero-order valence-electron chi connectivity index (χ0n) is 13.7. The van der Waals surface area contributed by atoms with Gasteiger partial charge in [0.1, 0.15) is 0 Å². The van der Waals surface area contributed by atoms with E-state index >= 15 is 0 Å². The molecule has 124 valence electrons. The van der Waals surface area contributed by atoms with Crippen molar-refractivity contribution in [1.29, 1.82) is 0 Å². The molecular formula is C16H23N5O2. The lowest BCUT2D eigenvalue weighted by Gasteiger charge is -2.30. The van der Waals surface area contributed by atoms with Gasteiger partial charge >= 0.3 is 0 Å². The number of amides is 1. The van der Waals surface area contributed by atoms with Gasteiger partial charge in [0.25, 0.3) is 5.91 Å². The first-order chi connectivity index (χ1) is 11.2. The van der Waals surface area contributed by atoms with Crippen LogP contribution in [0.15, 0.2) is 16.9 Å². The Hall–Kier alpha value is -2.18. The van der Waals surface area contributed by atoms with Crippen molar-refractivity contribution in [2.45, 2.75) is 44.9 Å². The van der Waals surface area contributed by atoms with E-state index in [2.05, 4.69) is 22.2 Å². The summed E-state index contributed by atoms with van der Waals surface area (Å²) in [6.07, 6.45) is 8.32. The fourth-order valence-corrected chi connectivity index (χ4v) is 2.95. The fraction of sp³-hybridized carbons (Fsp3) is 0.625. The first-order valence-corrected chi connectivity index (χ1v) is 8.27. The number of aromatic nitrogens is 4. The van der Waals surface area contributed by atoms with Crippen molar-refractivity contribution in [3.05, 3.63) is 29.7 Å². The third-order valence-electron chi connectivity index (χ3n) is 4.25. The summed E-state index contributed by atoms with van der Waals surface area (Å²) < 4.78 is 7.07. The van der Waals surface area contributed by atoms with Gasteiger partial charge in [0.05, 0.1) is 17.7 Å². The molecule has 2 aromatic rings. The van der Waals surface area contributed by atoms with Crippen molar-refractivity contribution in [3.8, 4) is 0 Å². The van der Waals surface area contributed by atoms with Crippen LogP contribution in [-0.4, -0.2) is 43.8 Å². The molecule has 0 N–H and O–H groups in total. The molecule has 0 radical (unpaired) electrons. The van der Waals surface area contributed by atoms with Crippen LogP contribution < -0.4 is 0 Å². The van der Waals surface area contributed by atoms with Crippen LogP contribution >= 0.6 is 0 Å². The zero-order valence-corrected chi connectivity index (χ0v) is 13.7. The molecule has 0 aliphatic carbocycles. The van der Waals surface area contributed by atoms with Gasteiger partial charge in [0, 0.05) is 32.8 Å². The standard InChI is InChI=1S/C16H23N5O2/c1-3-4-7-14-18-15(23-19-14)12-6-5-8-21(11-12)16(22)13-9-17-20(2)10-13/h9-10,12H,3-8,11H2,1-2H3. The highest BCUT2D eigenvalue weighted by molar-refractivity contribution is 5.93. The molecule has 0 bridgehead atoms. The highest BCUT2D eigenvalue weighted by Crippen LogP contribution is 2.26. The van der Waals surface area contributed by atoms with Crippen LogP contribution in [0.5, 0.6) is 0 Å². The number of rotatable bonds is 5. The second-order valence-electron chi connectivity index (χ2n) is 6.15. The Labute approximate surface area is 135 Å². The third-order valence-corrected chi connectivity index (χ3v) is 4.25. The molecule has 1 atom stereocenters. The molecule has 23 heavy (non-hydrogen) atoms. The average molecular weight is 317 g/mol. The van der Waals surface area contributed by atoms with Crippen molar-refractivity contribution in [2.24, 2.45) is 7.05 Å². The molecule has 1 fully saturated rings. The number of likely N-dealkylation sites (tertiary alicyclic amines) is 1.